The number of nitrogens with two attached hydrogens (primary N) is 1. The van der Waals surface area contributed by atoms with Crippen LogP contribution in [0.5, 0.6) is 5.75 Å². The van der Waals surface area contributed by atoms with Crippen LogP contribution in [0.4, 0.5) is 0 Å². The van der Waals surface area contributed by atoms with E-state index < -0.39 is 11.3 Å². The predicted octanol–water partition coefficient (Wildman–Crippen LogP) is 4.28. The Morgan fingerprint density at radius 3 is 2.57 bits per heavy atom. The van der Waals surface area contributed by atoms with Gasteiger partial charge in [0, 0.05) is 34.4 Å². The molecule has 1 heterocycles. The highest BCUT2D eigenvalue weighted by Gasteiger charge is 2.39. The van der Waals surface area contributed by atoms with Gasteiger partial charge in [-0.2, -0.15) is 0 Å². The summed E-state index contributed by atoms with van der Waals surface area (Å²) in [6.45, 7) is 1.36. The molecular weight excluding hydrogens is 444 g/mol. The first-order chi connectivity index (χ1) is 13.4. The maximum absolute atomic E-state index is 13.0. The lowest BCUT2D eigenvalue weighted by atomic mass is 9.77. The van der Waals surface area contributed by atoms with Crippen molar-refractivity contribution in [3.63, 3.8) is 0 Å². The highest BCUT2D eigenvalue weighted by atomic mass is 79.9. The van der Waals surface area contributed by atoms with Gasteiger partial charge in [0.1, 0.15) is 5.75 Å². The van der Waals surface area contributed by atoms with Crippen molar-refractivity contribution in [3.05, 3.63) is 63.6 Å². The minimum Gasteiger partial charge on any atom is -0.493 e. The van der Waals surface area contributed by atoms with E-state index in [4.69, 9.17) is 22.1 Å². The summed E-state index contributed by atoms with van der Waals surface area (Å²) >= 11 is 9.36. The van der Waals surface area contributed by atoms with E-state index >= 15 is 0 Å². The summed E-state index contributed by atoms with van der Waals surface area (Å²) < 4.78 is 6.70. The zero-order valence-corrected chi connectivity index (χ0v) is 17.7. The quantitative estimate of drug-likeness (QED) is 0.692. The van der Waals surface area contributed by atoms with Crippen LogP contribution in [0.1, 0.15) is 29.6 Å². The molecular formula is C21H22BrClN2O3. The number of carbonyl (C=O) groups excluding carboxylic acids is 2. The molecule has 148 valence electrons. The first kappa shape index (κ1) is 20.7. The van der Waals surface area contributed by atoms with Crippen LogP contribution < -0.4 is 10.5 Å². The second-order valence-electron chi connectivity index (χ2n) is 7.20. The van der Waals surface area contributed by atoms with Gasteiger partial charge >= 0.3 is 0 Å². The normalized spacial score (nSPS) is 19.3. The molecule has 28 heavy (non-hydrogen) atoms. The number of rotatable bonds is 6. The molecule has 1 atom stereocenters. The number of nitrogens with zero attached hydrogens (tertiary/aromatic N) is 1. The molecule has 7 heteroatoms. The van der Waals surface area contributed by atoms with Gasteiger partial charge in [0.05, 0.1) is 12.2 Å². The molecule has 0 spiro atoms. The fourth-order valence-corrected chi connectivity index (χ4v) is 4.22. The standard InChI is InChI=1S/C21H22BrClN2O3/c22-18-5-2-1-4-17(18)20(27)25-11-3-10-21(13-25,12-19(24)26)14-28-16-8-6-15(23)7-9-16/h1-2,4-9H,3,10-14H2,(H2,24,26)/t21-/m1/s1. The Balaban J connectivity index is 1.77. The van der Waals surface area contributed by atoms with Crippen LogP contribution in [-0.2, 0) is 4.79 Å². The summed E-state index contributed by atoms with van der Waals surface area (Å²) in [5.74, 6) is 0.213. The van der Waals surface area contributed by atoms with Gasteiger partial charge in [0.25, 0.3) is 5.91 Å². The summed E-state index contributed by atoms with van der Waals surface area (Å²) in [6, 6.07) is 14.4. The third-order valence-electron chi connectivity index (χ3n) is 4.96. The zero-order valence-electron chi connectivity index (χ0n) is 15.4. The third-order valence-corrected chi connectivity index (χ3v) is 5.90. The SMILES string of the molecule is NC(=O)C[C@]1(COc2ccc(Cl)cc2)CCCN(C(=O)c2ccccc2Br)C1. The molecule has 5 nitrogen and oxygen atoms in total. The van der Waals surface area contributed by atoms with Crippen molar-refractivity contribution in [2.45, 2.75) is 19.3 Å². The van der Waals surface area contributed by atoms with Gasteiger partial charge in [-0.1, -0.05) is 23.7 Å². The molecule has 1 fully saturated rings. The number of carbonyl (C=O) groups is 2. The van der Waals surface area contributed by atoms with Crippen molar-refractivity contribution in [2.75, 3.05) is 19.7 Å². The summed E-state index contributed by atoms with van der Waals surface area (Å²) in [5, 5.41) is 0.627. The largest absolute Gasteiger partial charge is 0.493 e. The minimum absolute atomic E-state index is 0.0625. The summed E-state index contributed by atoms with van der Waals surface area (Å²) in [5.41, 5.74) is 5.63. The highest BCUT2D eigenvalue weighted by Crippen LogP contribution is 2.35. The van der Waals surface area contributed by atoms with Gasteiger partial charge in [-0.05, 0) is 65.2 Å². The second-order valence-corrected chi connectivity index (χ2v) is 8.49. The van der Waals surface area contributed by atoms with Gasteiger partial charge < -0.3 is 15.4 Å². The average molecular weight is 466 g/mol. The Morgan fingerprint density at radius 2 is 1.89 bits per heavy atom. The smallest absolute Gasteiger partial charge is 0.255 e. The number of benzene rings is 2. The Labute approximate surface area is 177 Å². The summed E-state index contributed by atoms with van der Waals surface area (Å²) in [4.78, 5) is 26.6. The molecule has 0 bridgehead atoms. The predicted molar refractivity (Wildman–Crippen MR) is 112 cm³/mol. The van der Waals surface area contributed by atoms with Gasteiger partial charge in [-0.25, -0.2) is 0 Å². The highest BCUT2D eigenvalue weighted by molar-refractivity contribution is 9.10. The van der Waals surface area contributed by atoms with Crippen molar-refractivity contribution < 1.29 is 14.3 Å². The molecule has 0 aromatic heterocycles. The van der Waals surface area contributed by atoms with E-state index in [1.165, 1.54) is 0 Å². The minimum atomic E-state index is -0.513. The molecule has 2 N–H and O–H groups in total. The molecule has 0 radical (unpaired) electrons. The van der Waals surface area contributed by atoms with Crippen LogP contribution in [0.15, 0.2) is 53.0 Å². The maximum Gasteiger partial charge on any atom is 0.255 e. The van der Waals surface area contributed by atoms with E-state index in [1.54, 1.807) is 35.2 Å². The topological polar surface area (TPSA) is 72.6 Å². The number of piperidine rings is 1. The summed E-state index contributed by atoms with van der Waals surface area (Å²) in [7, 11) is 0. The first-order valence-corrected chi connectivity index (χ1v) is 10.3. The molecule has 0 saturated carbocycles. The Morgan fingerprint density at radius 1 is 1.18 bits per heavy atom. The van der Waals surface area contributed by atoms with Crippen LogP contribution in [-0.4, -0.2) is 36.4 Å². The number of hydrogen-bond donors (Lipinski definition) is 1. The van der Waals surface area contributed by atoms with E-state index in [0.717, 1.165) is 17.3 Å². The Bertz CT molecular complexity index is 859. The van der Waals surface area contributed by atoms with Crippen molar-refractivity contribution in [3.8, 4) is 5.75 Å². The number of amides is 2. The Kier molecular flexibility index (Phi) is 6.62. The number of halogens is 2. The molecule has 2 amide bonds. The number of likely N-dealkylation sites (tertiary alicyclic amines) is 1. The fraction of sp³-hybridized carbons (Fsp3) is 0.333. The third kappa shape index (κ3) is 5.06. The maximum atomic E-state index is 13.0. The van der Waals surface area contributed by atoms with Gasteiger partial charge in [0.2, 0.25) is 5.91 Å². The van der Waals surface area contributed by atoms with E-state index in [2.05, 4.69) is 15.9 Å². The Hall–Kier alpha value is -2.05. The molecule has 1 aliphatic heterocycles. The van der Waals surface area contributed by atoms with E-state index in [0.29, 0.717) is 36.0 Å². The number of ether oxygens (including phenoxy) is 1. The molecule has 2 aromatic carbocycles. The van der Waals surface area contributed by atoms with Crippen molar-refractivity contribution in [1.82, 2.24) is 4.90 Å². The van der Waals surface area contributed by atoms with Crippen LogP contribution in [0.25, 0.3) is 0 Å². The monoisotopic (exact) mass is 464 g/mol. The second kappa shape index (κ2) is 8.97. The molecule has 0 aliphatic carbocycles. The average Bonchev–Trinajstić information content (AvgIpc) is 2.67. The van der Waals surface area contributed by atoms with E-state index in [-0.39, 0.29) is 12.3 Å². The molecule has 3 rings (SSSR count). The molecule has 0 unspecified atom stereocenters. The molecule has 1 aliphatic rings. The molecule has 1 saturated heterocycles. The van der Waals surface area contributed by atoms with Gasteiger partial charge in [0.15, 0.2) is 0 Å². The van der Waals surface area contributed by atoms with Crippen LogP contribution >= 0.6 is 27.5 Å². The van der Waals surface area contributed by atoms with E-state index in [1.807, 2.05) is 18.2 Å². The van der Waals surface area contributed by atoms with Crippen LogP contribution in [0.3, 0.4) is 0 Å². The number of primary amides is 1. The van der Waals surface area contributed by atoms with Crippen molar-refractivity contribution in [1.29, 1.82) is 0 Å². The van der Waals surface area contributed by atoms with E-state index in [9.17, 15) is 9.59 Å². The van der Waals surface area contributed by atoms with Crippen LogP contribution in [0, 0.1) is 5.41 Å². The van der Waals surface area contributed by atoms with Crippen LogP contribution in [0.2, 0.25) is 5.02 Å². The lowest BCUT2D eigenvalue weighted by Crippen LogP contribution is -2.50. The zero-order chi connectivity index (χ0) is 20.1. The molecule has 2 aromatic rings. The van der Waals surface area contributed by atoms with Crippen molar-refractivity contribution >= 4 is 39.3 Å². The first-order valence-electron chi connectivity index (χ1n) is 9.09. The van der Waals surface area contributed by atoms with Gasteiger partial charge in [-0.15, -0.1) is 0 Å². The lowest BCUT2D eigenvalue weighted by Gasteiger charge is -2.42. The van der Waals surface area contributed by atoms with Gasteiger partial charge in [-0.3, -0.25) is 9.59 Å². The fourth-order valence-electron chi connectivity index (χ4n) is 3.64. The number of hydrogen-bond acceptors (Lipinski definition) is 3. The lowest BCUT2D eigenvalue weighted by molar-refractivity contribution is -0.122. The van der Waals surface area contributed by atoms with Crippen molar-refractivity contribution in [2.24, 2.45) is 11.1 Å². The summed E-state index contributed by atoms with van der Waals surface area (Å²) in [6.07, 6.45) is 1.72.